The molecule has 2 aliphatic carbocycles. The molecular weight excluding hydrogens is 260 g/mol. The largest absolute Gasteiger partial charge is 0.365 e. The molecule has 0 atom stereocenters. The van der Waals surface area contributed by atoms with E-state index in [1.54, 1.807) is 0 Å². The number of nitrogens with one attached hydrogen (secondary N) is 1. The van der Waals surface area contributed by atoms with Gasteiger partial charge in [0, 0.05) is 10.8 Å². The zero-order valence-corrected chi connectivity index (χ0v) is 11.6. The van der Waals surface area contributed by atoms with Gasteiger partial charge in [-0.05, 0) is 44.1 Å². The number of thiophene rings is 1. The second kappa shape index (κ2) is 4.96. The van der Waals surface area contributed by atoms with Gasteiger partial charge >= 0.3 is 0 Å². The number of anilines is 1. The molecule has 1 saturated carbocycles. The Kier molecular flexibility index (Phi) is 3.31. The number of rotatable bonds is 3. The van der Waals surface area contributed by atoms with Crippen LogP contribution in [0, 0.1) is 5.92 Å². The number of hydrogen-bond acceptors (Lipinski definition) is 3. The molecule has 1 heterocycles. The van der Waals surface area contributed by atoms with Crippen LogP contribution in [0.2, 0.25) is 0 Å². The lowest BCUT2D eigenvalue weighted by Crippen LogP contribution is -2.28. The molecule has 0 unspecified atom stereocenters. The maximum absolute atomic E-state index is 12.0. The summed E-state index contributed by atoms with van der Waals surface area (Å²) in [5.74, 6) is -0.240. The molecule has 1 aromatic rings. The van der Waals surface area contributed by atoms with Crippen molar-refractivity contribution in [3.63, 3.8) is 0 Å². The van der Waals surface area contributed by atoms with E-state index in [4.69, 9.17) is 5.73 Å². The number of aryl methyl sites for hydroxylation is 1. The number of fused-ring (bicyclic) bond motifs is 1. The number of primary amides is 1. The Balaban J connectivity index is 1.89. The van der Waals surface area contributed by atoms with Gasteiger partial charge in [-0.15, -0.1) is 11.3 Å². The van der Waals surface area contributed by atoms with Gasteiger partial charge in [0.1, 0.15) is 5.00 Å². The van der Waals surface area contributed by atoms with E-state index in [2.05, 4.69) is 5.32 Å². The lowest BCUT2D eigenvalue weighted by Gasteiger charge is -2.23. The third kappa shape index (κ3) is 2.27. The van der Waals surface area contributed by atoms with E-state index in [0.29, 0.717) is 10.6 Å². The maximum Gasteiger partial charge on any atom is 0.251 e. The monoisotopic (exact) mass is 278 g/mol. The molecule has 0 aliphatic heterocycles. The van der Waals surface area contributed by atoms with E-state index in [1.807, 2.05) is 0 Å². The summed E-state index contributed by atoms with van der Waals surface area (Å²) in [7, 11) is 0. The quantitative estimate of drug-likeness (QED) is 0.891. The van der Waals surface area contributed by atoms with Crippen LogP contribution in [0.15, 0.2) is 0 Å². The highest BCUT2D eigenvalue weighted by molar-refractivity contribution is 7.17. The Morgan fingerprint density at radius 1 is 1.16 bits per heavy atom. The minimum atomic E-state index is -0.414. The summed E-state index contributed by atoms with van der Waals surface area (Å²) >= 11 is 1.54. The summed E-state index contributed by atoms with van der Waals surface area (Å²) in [6.07, 6.45) is 7.21. The van der Waals surface area contributed by atoms with Crippen molar-refractivity contribution in [3.05, 3.63) is 16.0 Å². The van der Waals surface area contributed by atoms with Crippen molar-refractivity contribution in [2.24, 2.45) is 11.7 Å². The van der Waals surface area contributed by atoms with Crippen LogP contribution >= 0.6 is 11.3 Å². The van der Waals surface area contributed by atoms with Crippen molar-refractivity contribution >= 4 is 28.2 Å². The van der Waals surface area contributed by atoms with Crippen molar-refractivity contribution in [2.45, 2.75) is 44.9 Å². The molecule has 4 nitrogen and oxygen atoms in total. The molecule has 3 N–H and O–H groups in total. The average Bonchev–Trinajstić information content (AvgIpc) is 2.63. The minimum absolute atomic E-state index is 0.0485. The van der Waals surface area contributed by atoms with E-state index in [-0.39, 0.29) is 11.8 Å². The first kappa shape index (κ1) is 12.7. The van der Waals surface area contributed by atoms with Gasteiger partial charge in [0.05, 0.1) is 5.56 Å². The number of carbonyl (C=O) groups is 2. The molecule has 0 radical (unpaired) electrons. The number of amides is 2. The van der Waals surface area contributed by atoms with Crippen LogP contribution in [0.25, 0.3) is 0 Å². The van der Waals surface area contributed by atoms with E-state index >= 15 is 0 Å². The molecule has 102 valence electrons. The first-order chi connectivity index (χ1) is 9.16. The Labute approximate surface area is 116 Å². The summed E-state index contributed by atoms with van der Waals surface area (Å²) in [6.45, 7) is 0. The average molecular weight is 278 g/mol. The van der Waals surface area contributed by atoms with E-state index in [9.17, 15) is 9.59 Å². The maximum atomic E-state index is 12.0. The zero-order valence-electron chi connectivity index (χ0n) is 10.8. The van der Waals surface area contributed by atoms with Gasteiger partial charge in [0.25, 0.3) is 5.91 Å². The fourth-order valence-electron chi connectivity index (χ4n) is 2.80. The Morgan fingerprint density at radius 3 is 2.53 bits per heavy atom. The van der Waals surface area contributed by atoms with Gasteiger partial charge in [-0.3, -0.25) is 9.59 Å². The normalized spacial score (nSPS) is 18.5. The van der Waals surface area contributed by atoms with Crippen LogP contribution in [-0.2, 0) is 17.6 Å². The lowest BCUT2D eigenvalue weighted by atomic mass is 9.85. The van der Waals surface area contributed by atoms with Crippen LogP contribution in [-0.4, -0.2) is 11.8 Å². The SMILES string of the molecule is NC(=O)c1c(NC(=O)C2CCC2)sc2c1CCCC2. The summed E-state index contributed by atoms with van der Waals surface area (Å²) in [6, 6.07) is 0. The lowest BCUT2D eigenvalue weighted by molar-refractivity contribution is -0.122. The van der Waals surface area contributed by atoms with E-state index in [1.165, 1.54) is 16.2 Å². The van der Waals surface area contributed by atoms with Gasteiger partial charge in [0.2, 0.25) is 5.91 Å². The second-order valence-electron chi connectivity index (χ2n) is 5.40. The molecule has 0 aromatic carbocycles. The smallest absolute Gasteiger partial charge is 0.251 e. The first-order valence-electron chi connectivity index (χ1n) is 6.92. The van der Waals surface area contributed by atoms with Crippen molar-refractivity contribution in [3.8, 4) is 0 Å². The molecular formula is C14H18N2O2S. The summed E-state index contributed by atoms with van der Waals surface area (Å²) in [4.78, 5) is 24.9. The summed E-state index contributed by atoms with van der Waals surface area (Å²) < 4.78 is 0. The van der Waals surface area contributed by atoms with Gasteiger partial charge in [-0.1, -0.05) is 6.42 Å². The predicted octanol–water partition coefficient (Wildman–Crippen LogP) is 2.46. The van der Waals surface area contributed by atoms with Crippen LogP contribution in [0.1, 0.15) is 52.9 Å². The molecule has 3 rings (SSSR count). The highest BCUT2D eigenvalue weighted by Gasteiger charge is 2.29. The van der Waals surface area contributed by atoms with Gasteiger partial charge in [-0.25, -0.2) is 0 Å². The molecule has 1 fully saturated rings. The highest BCUT2D eigenvalue weighted by atomic mass is 32.1. The van der Waals surface area contributed by atoms with E-state index < -0.39 is 5.91 Å². The van der Waals surface area contributed by atoms with Crippen LogP contribution in [0.5, 0.6) is 0 Å². The van der Waals surface area contributed by atoms with Crippen molar-refractivity contribution in [2.75, 3.05) is 5.32 Å². The molecule has 0 saturated heterocycles. The standard InChI is InChI=1S/C14H18N2O2S/c15-12(17)11-9-6-1-2-7-10(9)19-14(11)16-13(18)8-4-3-5-8/h8H,1-7H2,(H2,15,17)(H,16,18). The van der Waals surface area contributed by atoms with Crippen molar-refractivity contribution in [1.82, 2.24) is 0 Å². The minimum Gasteiger partial charge on any atom is -0.365 e. The van der Waals surface area contributed by atoms with Crippen LogP contribution < -0.4 is 11.1 Å². The van der Waals surface area contributed by atoms with Gasteiger partial charge < -0.3 is 11.1 Å². The third-order valence-corrected chi connectivity index (χ3v) is 5.34. The number of carbonyl (C=O) groups excluding carboxylic acids is 2. The summed E-state index contributed by atoms with van der Waals surface area (Å²) in [5.41, 5.74) is 7.14. The van der Waals surface area contributed by atoms with Crippen LogP contribution in [0.4, 0.5) is 5.00 Å². The first-order valence-corrected chi connectivity index (χ1v) is 7.73. The van der Waals surface area contributed by atoms with E-state index in [0.717, 1.165) is 50.5 Å². The van der Waals surface area contributed by atoms with Crippen molar-refractivity contribution in [1.29, 1.82) is 0 Å². The van der Waals surface area contributed by atoms with Gasteiger partial charge in [-0.2, -0.15) is 0 Å². The molecule has 2 aliphatic rings. The fourth-order valence-corrected chi connectivity index (χ4v) is 4.10. The van der Waals surface area contributed by atoms with Gasteiger partial charge in [0.15, 0.2) is 0 Å². The third-order valence-electron chi connectivity index (χ3n) is 4.13. The molecule has 0 bridgehead atoms. The Hall–Kier alpha value is -1.36. The topological polar surface area (TPSA) is 72.2 Å². The summed E-state index contributed by atoms with van der Waals surface area (Å²) in [5, 5.41) is 3.61. The molecule has 2 amide bonds. The Morgan fingerprint density at radius 2 is 1.89 bits per heavy atom. The zero-order chi connectivity index (χ0) is 13.4. The molecule has 19 heavy (non-hydrogen) atoms. The number of nitrogens with two attached hydrogens (primary N) is 1. The van der Waals surface area contributed by atoms with Crippen molar-refractivity contribution < 1.29 is 9.59 Å². The molecule has 0 spiro atoms. The molecule has 5 heteroatoms. The highest BCUT2D eigenvalue weighted by Crippen LogP contribution is 2.38. The Bertz CT molecular complexity index is 532. The number of hydrogen-bond donors (Lipinski definition) is 2. The second-order valence-corrected chi connectivity index (χ2v) is 6.50. The fraction of sp³-hybridized carbons (Fsp3) is 0.571. The van der Waals surface area contributed by atoms with Crippen LogP contribution in [0.3, 0.4) is 0 Å². The predicted molar refractivity (Wildman–Crippen MR) is 75.4 cm³/mol. The molecule has 1 aromatic heterocycles.